The first-order chi connectivity index (χ1) is 8.67. The van der Waals surface area contributed by atoms with Gasteiger partial charge in [-0.05, 0) is 37.5 Å². The summed E-state index contributed by atoms with van der Waals surface area (Å²) in [6, 6.07) is 0. The first-order valence-corrected chi connectivity index (χ1v) is 9.44. The van der Waals surface area contributed by atoms with Crippen molar-refractivity contribution in [3.63, 3.8) is 0 Å². The third-order valence-corrected chi connectivity index (χ3v) is 6.41. The monoisotopic (exact) mass is 364 g/mol. The van der Waals surface area contributed by atoms with Crippen molar-refractivity contribution in [2.75, 3.05) is 4.43 Å². The van der Waals surface area contributed by atoms with Crippen LogP contribution in [0.25, 0.3) is 0 Å². The normalized spacial score (nSPS) is 41.8. The predicted octanol–water partition coefficient (Wildman–Crippen LogP) is 5.36. The third kappa shape index (κ3) is 3.84. The number of alkyl halides is 1. The molecule has 0 aromatic rings. The van der Waals surface area contributed by atoms with Crippen LogP contribution in [0.2, 0.25) is 0 Å². The summed E-state index contributed by atoms with van der Waals surface area (Å²) in [5.41, 5.74) is 0.221. The molecule has 0 aliphatic heterocycles. The quantitative estimate of drug-likeness (QED) is 0.482. The van der Waals surface area contributed by atoms with E-state index in [9.17, 15) is 0 Å². The summed E-state index contributed by atoms with van der Waals surface area (Å²) in [4.78, 5) is 0. The van der Waals surface area contributed by atoms with Gasteiger partial charge in [0, 0.05) is 4.43 Å². The van der Waals surface area contributed by atoms with Gasteiger partial charge >= 0.3 is 0 Å². The van der Waals surface area contributed by atoms with Crippen LogP contribution in [0.3, 0.4) is 0 Å². The van der Waals surface area contributed by atoms with Crippen LogP contribution in [-0.2, 0) is 4.74 Å². The molecule has 0 radical (unpaired) electrons. The van der Waals surface area contributed by atoms with Crippen LogP contribution in [0.5, 0.6) is 0 Å². The smallest absolute Gasteiger partial charge is 0.0777 e. The Labute approximate surface area is 127 Å². The molecule has 2 saturated carbocycles. The second-order valence-electron chi connectivity index (χ2n) is 6.70. The minimum atomic E-state index is 0.221. The largest absolute Gasteiger partial charge is 0.371 e. The Morgan fingerprint density at radius 2 is 2.06 bits per heavy atom. The number of hydrogen-bond acceptors (Lipinski definition) is 1. The molecular formula is C16H29IO. The fourth-order valence-corrected chi connectivity index (χ4v) is 4.82. The fourth-order valence-electron chi connectivity index (χ4n) is 3.94. The molecule has 4 unspecified atom stereocenters. The molecule has 0 bridgehead atoms. The highest BCUT2D eigenvalue weighted by molar-refractivity contribution is 14.1. The highest BCUT2D eigenvalue weighted by Crippen LogP contribution is 2.40. The fraction of sp³-hybridized carbons (Fsp3) is 1.00. The SMILES string of the molecule is CCC1CCCC(OC2(CI)CCCC(C)C2)C1. The maximum absolute atomic E-state index is 6.66. The van der Waals surface area contributed by atoms with Crippen LogP contribution < -0.4 is 0 Å². The maximum Gasteiger partial charge on any atom is 0.0777 e. The maximum atomic E-state index is 6.66. The van der Waals surface area contributed by atoms with Crippen LogP contribution in [-0.4, -0.2) is 16.1 Å². The number of rotatable bonds is 4. The average Bonchev–Trinajstić information content (AvgIpc) is 2.39. The van der Waals surface area contributed by atoms with E-state index >= 15 is 0 Å². The van der Waals surface area contributed by atoms with Gasteiger partial charge in [-0.1, -0.05) is 68.5 Å². The zero-order valence-corrected chi connectivity index (χ0v) is 14.2. The van der Waals surface area contributed by atoms with Crippen LogP contribution in [0.4, 0.5) is 0 Å². The Morgan fingerprint density at radius 3 is 2.72 bits per heavy atom. The van der Waals surface area contributed by atoms with Gasteiger partial charge in [0.15, 0.2) is 0 Å². The molecule has 4 atom stereocenters. The second kappa shape index (κ2) is 6.92. The van der Waals surface area contributed by atoms with E-state index in [0.717, 1.165) is 11.8 Å². The van der Waals surface area contributed by atoms with Crippen molar-refractivity contribution < 1.29 is 4.74 Å². The molecule has 0 N–H and O–H groups in total. The van der Waals surface area contributed by atoms with Gasteiger partial charge in [-0.3, -0.25) is 0 Å². The predicted molar refractivity (Wildman–Crippen MR) is 86.4 cm³/mol. The van der Waals surface area contributed by atoms with Crippen molar-refractivity contribution in [2.24, 2.45) is 11.8 Å². The molecular weight excluding hydrogens is 335 g/mol. The minimum Gasteiger partial charge on any atom is -0.371 e. The molecule has 2 aliphatic rings. The minimum absolute atomic E-state index is 0.221. The van der Waals surface area contributed by atoms with E-state index in [4.69, 9.17) is 4.74 Å². The summed E-state index contributed by atoms with van der Waals surface area (Å²) in [5, 5.41) is 0. The standard InChI is InChI=1S/C16H29IO/c1-3-14-7-4-8-15(10-14)18-16(12-17)9-5-6-13(2)11-16/h13-15H,3-12H2,1-2H3. The molecule has 1 nitrogen and oxygen atoms in total. The molecule has 0 saturated heterocycles. The summed E-state index contributed by atoms with van der Waals surface area (Å²) in [7, 11) is 0. The van der Waals surface area contributed by atoms with E-state index in [1.54, 1.807) is 0 Å². The number of hydrogen-bond donors (Lipinski definition) is 0. The molecule has 0 aromatic carbocycles. The summed E-state index contributed by atoms with van der Waals surface area (Å²) >= 11 is 2.56. The molecule has 2 rings (SSSR count). The van der Waals surface area contributed by atoms with Gasteiger partial charge in [-0.25, -0.2) is 0 Å². The van der Waals surface area contributed by atoms with Crippen LogP contribution in [0, 0.1) is 11.8 Å². The highest BCUT2D eigenvalue weighted by atomic mass is 127. The first kappa shape index (κ1) is 15.1. The van der Waals surface area contributed by atoms with E-state index in [-0.39, 0.29) is 5.60 Å². The van der Waals surface area contributed by atoms with Crippen LogP contribution >= 0.6 is 22.6 Å². The number of halogens is 1. The Balaban J connectivity index is 1.92. The molecule has 18 heavy (non-hydrogen) atoms. The second-order valence-corrected chi connectivity index (χ2v) is 7.46. The van der Waals surface area contributed by atoms with Gasteiger partial charge in [-0.15, -0.1) is 0 Å². The third-order valence-electron chi connectivity index (χ3n) is 5.02. The van der Waals surface area contributed by atoms with Crippen molar-refractivity contribution in [3.05, 3.63) is 0 Å². The molecule has 0 heterocycles. The van der Waals surface area contributed by atoms with Gasteiger partial charge in [0.2, 0.25) is 0 Å². The molecule has 2 fully saturated rings. The summed E-state index contributed by atoms with van der Waals surface area (Å²) in [6.45, 7) is 4.74. The molecule has 0 aromatic heterocycles. The Bertz CT molecular complexity index is 255. The van der Waals surface area contributed by atoms with Crippen molar-refractivity contribution in [1.82, 2.24) is 0 Å². The van der Waals surface area contributed by atoms with E-state index in [1.165, 1.54) is 62.2 Å². The Hall–Kier alpha value is 0.690. The van der Waals surface area contributed by atoms with E-state index < -0.39 is 0 Å². The van der Waals surface area contributed by atoms with Crippen molar-refractivity contribution >= 4 is 22.6 Å². The molecule has 0 amide bonds. The van der Waals surface area contributed by atoms with Gasteiger partial charge in [-0.2, -0.15) is 0 Å². The lowest BCUT2D eigenvalue weighted by molar-refractivity contribution is -0.121. The zero-order valence-electron chi connectivity index (χ0n) is 12.1. The van der Waals surface area contributed by atoms with Crippen molar-refractivity contribution in [1.29, 1.82) is 0 Å². The van der Waals surface area contributed by atoms with E-state index in [1.807, 2.05) is 0 Å². The molecule has 0 spiro atoms. The van der Waals surface area contributed by atoms with Gasteiger partial charge < -0.3 is 4.74 Å². The van der Waals surface area contributed by atoms with Gasteiger partial charge in [0.05, 0.1) is 11.7 Å². The lowest BCUT2D eigenvalue weighted by atomic mass is 9.79. The average molecular weight is 364 g/mol. The Morgan fingerprint density at radius 1 is 1.22 bits per heavy atom. The van der Waals surface area contributed by atoms with Crippen molar-refractivity contribution in [2.45, 2.75) is 83.3 Å². The van der Waals surface area contributed by atoms with Gasteiger partial charge in [0.25, 0.3) is 0 Å². The summed E-state index contributed by atoms with van der Waals surface area (Å²) in [6.07, 6.45) is 12.7. The molecule has 2 aliphatic carbocycles. The van der Waals surface area contributed by atoms with Gasteiger partial charge in [0.1, 0.15) is 0 Å². The van der Waals surface area contributed by atoms with Crippen LogP contribution in [0.1, 0.15) is 71.6 Å². The number of ether oxygens (including phenoxy) is 1. The van der Waals surface area contributed by atoms with E-state index in [0.29, 0.717) is 6.10 Å². The van der Waals surface area contributed by atoms with Crippen molar-refractivity contribution in [3.8, 4) is 0 Å². The Kier molecular flexibility index (Phi) is 5.80. The molecule has 106 valence electrons. The molecule has 2 heteroatoms. The van der Waals surface area contributed by atoms with E-state index in [2.05, 4.69) is 36.4 Å². The zero-order chi connectivity index (χ0) is 13.0. The topological polar surface area (TPSA) is 9.23 Å². The lowest BCUT2D eigenvalue weighted by Gasteiger charge is -2.43. The summed E-state index contributed by atoms with van der Waals surface area (Å²) < 4.78 is 7.85. The van der Waals surface area contributed by atoms with Crippen LogP contribution in [0.15, 0.2) is 0 Å². The first-order valence-electron chi connectivity index (χ1n) is 7.91. The summed E-state index contributed by atoms with van der Waals surface area (Å²) in [5.74, 6) is 1.79. The lowest BCUT2D eigenvalue weighted by Crippen LogP contribution is -2.43. The highest BCUT2D eigenvalue weighted by Gasteiger charge is 2.38.